The van der Waals surface area contributed by atoms with Crippen LogP contribution in [0.3, 0.4) is 0 Å². The monoisotopic (exact) mass is 838 g/mol. The van der Waals surface area contributed by atoms with Crippen molar-refractivity contribution in [3.8, 4) is 0 Å². The highest BCUT2D eigenvalue weighted by molar-refractivity contribution is 5.16. The molecule has 1 saturated carbocycles. The number of nitrogens with two attached hydrogens (primary N) is 1. The van der Waals surface area contributed by atoms with Gasteiger partial charge in [0, 0.05) is 5.92 Å². The van der Waals surface area contributed by atoms with E-state index in [1.807, 2.05) is 84.9 Å². The smallest absolute Gasteiger partial charge is 0.113 e. The van der Waals surface area contributed by atoms with Gasteiger partial charge in [-0.1, -0.05) is 205 Å². The average molecular weight is 838 g/mol. The van der Waals surface area contributed by atoms with Gasteiger partial charge in [0.25, 0.3) is 0 Å². The molecular formula is C53H75NO7. The normalized spacial score (nSPS) is 20.6. The van der Waals surface area contributed by atoms with Crippen LogP contribution >= 0.6 is 0 Å². The maximum absolute atomic E-state index is 11.2. The summed E-state index contributed by atoms with van der Waals surface area (Å²) in [6, 6.07) is 39.8. The molecule has 0 aliphatic heterocycles. The second-order valence-corrected chi connectivity index (χ2v) is 17.1. The molecule has 0 saturated heterocycles. The summed E-state index contributed by atoms with van der Waals surface area (Å²) < 4.78 is 33.7. The molecule has 0 amide bonds. The van der Waals surface area contributed by atoms with E-state index in [4.69, 9.17) is 29.4 Å². The van der Waals surface area contributed by atoms with Gasteiger partial charge in [-0.05, 0) is 35.1 Å². The third-order valence-corrected chi connectivity index (χ3v) is 12.0. The van der Waals surface area contributed by atoms with Crippen molar-refractivity contribution in [3.05, 3.63) is 144 Å². The van der Waals surface area contributed by atoms with E-state index in [0.29, 0.717) is 45.9 Å². The molecule has 4 N–H and O–H groups in total. The highest BCUT2D eigenvalue weighted by atomic mass is 16.6. The lowest BCUT2D eigenvalue weighted by Crippen LogP contribution is -2.59. The fourth-order valence-electron chi connectivity index (χ4n) is 8.37. The third-order valence-electron chi connectivity index (χ3n) is 12.0. The van der Waals surface area contributed by atoms with Crippen LogP contribution < -0.4 is 5.73 Å². The average Bonchev–Trinajstić information content (AvgIpc) is 3.30. The van der Waals surface area contributed by atoms with Gasteiger partial charge >= 0.3 is 0 Å². The molecule has 0 spiro atoms. The van der Waals surface area contributed by atoms with Gasteiger partial charge < -0.3 is 39.6 Å². The second-order valence-electron chi connectivity index (χ2n) is 17.1. The molecule has 0 aromatic heterocycles. The van der Waals surface area contributed by atoms with Gasteiger partial charge in [-0.15, -0.1) is 0 Å². The number of aliphatic hydroxyl groups is 2. The van der Waals surface area contributed by atoms with Crippen LogP contribution in [0.2, 0.25) is 0 Å². The van der Waals surface area contributed by atoms with Crippen molar-refractivity contribution >= 4 is 0 Å². The minimum atomic E-state index is -1.11. The van der Waals surface area contributed by atoms with Crippen LogP contribution in [-0.2, 0) is 50.1 Å². The molecule has 4 aromatic carbocycles. The van der Waals surface area contributed by atoms with Crippen molar-refractivity contribution < 1.29 is 33.9 Å². The van der Waals surface area contributed by atoms with E-state index in [0.717, 1.165) is 41.5 Å². The molecule has 8 nitrogen and oxygen atoms in total. The molecule has 4 aromatic rings. The maximum atomic E-state index is 11.2. The minimum Gasteiger partial charge on any atom is -0.390 e. The van der Waals surface area contributed by atoms with Gasteiger partial charge in [-0.3, -0.25) is 0 Å². The zero-order valence-electron chi connectivity index (χ0n) is 36.8. The Morgan fingerprint density at radius 1 is 0.508 bits per heavy atom. The Balaban J connectivity index is 1.25. The van der Waals surface area contributed by atoms with Crippen molar-refractivity contribution in [2.45, 2.75) is 166 Å². The Hall–Kier alpha value is -3.44. The van der Waals surface area contributed by atoms with Crippen molar-refractivity contribution in [2.24, 2.45) is 11.7 Å². The van der Waals surface area contributed by atoms with Crippen molar-refractivity contribution in [1.82, 2.24) is 0 Å². The molecule has 8 atom stereocenters. The van der Waals surface area contributed by atoms with E-state index in [9.17, 15) is 10.2 Å². The summed E-state index contributed by atoms with van der Waals surface area (Å²) in [7, 11) is 0. The molecule has 61 heavy (non-hydrogen) atoms. The number of hydrogen-bond donors (Lipinski definition) is 3. The molecule has 1 fully saturated rings. The fourth-order valence-corrected chi connectivity index (χ4v) is 8.37. The number of rotatable bonds is 31. The molecule has 0 bridgehead atoms. The van der Waals surface area contributed by atoms with E-state index in [-0.39, 0.29) is 12.5 Å². The fraction of sp³-hybridized carbons (Fsp3) is 0.547. The number of aliphatic hydroxyl groups excluding tert-OH is 2. The largest absolute Gasteiger partial charge is 0.390 e. The summed E-state index contributed by atoms with van der Waals surface area (Å²) in [6.07, 6.45) is 12.0. The molecular weight excluding hydrogens is 763 g/mol. The Morgan fingerprint density at radius 2 is 0.918 bits per heavy atom. The van der Waals surface area contributed by atoms with Gasteiger partial charge in [0.05, 0.1) is 70.1 Å². The molecule has 0 heterocycles. The molecule has 8 heteroatoms. The highest BCUT2D eigenvalue weighted by Gasteiger charge is 2.48. The Kier molecular flexibility index (Phi) is 23.1. The zero-order valence-corrected chi connectivity index (χ0v) is 36.8. The van der Waals surface area contributed by atoms with Gasteiger partial charge in [-0.25, -0.2) is 0 Å². The maximum Gasteiger partial charge on any atom is 0.113 e. The van der Waals surface area contributed by atoms with Crippen LogP contribution in [0, 0.1) is 5.92 Å². The van der Waals surface area contributed by atoms with Gasteiger partial charge in [0.2, 0.25) is 0 Å². The first-order valence-corrected chi connectivity index (χ1v) is 23.3. The van der Waals surface area contributed by atoms with Gasteiger partial charge in [0.1, 0.15) is 12.2 Å². The standard InChI is InChI=1S/C53H75NO7/c1-2-3-4-5-6-7-8-9-10-11-12-25-34-48(55)50(56)47(54)41-58-49-35-46(40-57-36-42-26-17-13-18-27-42)51(59-37-43-28-19-14-20-29-43)53(61-39-45-32-23-16-24-33-45)52(49)60-38-44-30-21-15-22-31-44/h13-24,26-33,46-53,55-56H,2-12,25,34-41,54H2,1H3/t46-,47+,48-,49+,50+,51+,52+,53+/m1/s1. The molecule has 5 rings (SSSR count). The first-order chi connectivity index (χ1) is 30.0. The lowest BCUT2D eigenvalue weighted by atomic mass is 9.80. The number of unbranched alkanes of at least 4 members (excludes halogenated alkanes) is 11. The van der Waals surface area contributed by atoms with Crippen molar-refractivity contribution in [2.75, 3.05) is 13.2 Å². The molecule has 1 aliphatic carbocycles. The molecule has 334 valence electrons. The first kappa shape index (κ1) is 48.6. The minimum absolute atomic E-state index is 0.0467. The summed E-state index contributed by atoms with van der Waals surface area (Å²) in [4.78, 5) is 0. The van der Waals surface area contributed by atoms with E-state index >= 15 is 0 Å². The summed E-state index contributed by atoms with van der Waals surface area (Å²) >= 11 is 0. The quantitative estimate of drug-likeness (QED) is 0.0430. The predicted octanol–water partition coefficient (Wildman–Crippen LogP) is 10.5. The van der Waals surface area contributed by atoms with Gasteiger partial charge in [0.15, 0.2) is 0 Å². The van der Waals surface area contributed by atoms with Crippen LogP contribution in [0.5, 0.6) is 0 Å². The summed E-state index contributed by atoms with van der Waals surface area (Å²) in [5, 5.41) is 22.2. The molecule has 1 aliphatic rings. The Bertz CT molecular complexity index is 1650. The highest BCUT2D eigenvalue weighted by Crippen LogP contribution is 2.36. The van der Waals surface area contributed by atoms with E-state index in [1.54, 1.807) is 0 Å². The number of ether oxygens (including phenoxy) is 5. The van der Waals surface area contributed by atoms with E-state index in [2.05, 4.69) is 43.3 Å². The van der Waals surface area contributed by atoms with E-state index < -0.39 is 42.7 Å². The van der Waals surface area contributed by atoms with Crippen LogP contribution in [0.15, 0.2) is 121 Å². The molecule has 0 radical (unpaired) electrons. The first-order valence-electron chi connectivity index (χ1n) is 23.3. The summed E-state index contributed by atoms with van der Waals surface area (Å²) in [5.74, 6) is -0.118. The zero-order chi connectivity index (χ0) is 42.7. The lowest BCUT2D eigenvalue weighted by Gasteiger charge is -2.46. The summed E-state index contributed by atoms with van der Waals surface area (Å²) in [6.45, 7) is 4.29. The Labute approximate surface area is 367 Å². The Morgan fingerprint density at radius 3 is 1.39 bits per heavy atom. The van der Waals surface area contributed by atoms with E-state index in [1.165, 1.54) is 57.8 Å². The van der Waals surface area contributed by atoms with Gasteiger partial charge in [-0.2, -0.15) is 0 Å². The van der Waals surface area contributed by atoms with Crippen LogP contribution in [0.4, 0.5) is 0 Å². The SMILES string of the molecule is CCCCCCCCCCCCCC[C@@H](O)[C@@H](O)[C@@H](N)CO[C@H]1C[C@H](COCc2ccccc2)[C@H](OCc2ccccc2)[C@H](OCc2ccccc2)[C@H]1OCc1ccccc1. The van der Waals surface area contributed by atoms with Crippen molar-refractivity contribution in [1.29, 1.82) is 0 Å². The summed E-state index contributed by atoms with van der Waals surface area (Å²) in [5.41, 5.74) is 10.8. The topological polar surface area (TPSA) is 113 Å². The number of hydrogen-bond acceptors (Lipinski definition) is 8. The number of benzene rings is 4. The lowest BCUT2D eigenvalue weighted by molar-refractivity contribution is -0.234. The van der Waals surface area contributed by atoms with Crippen LogP contribution in [0.25, 0.3) is 0 Å². The van der Waals surface area contributed by atoms with Crippen molar-refractivity contribution in [3.63, 3.8) is 0 Å². The second kappa shape index (κ2) is 29.0. The van der Waals surface area contributed by atoms with Crippen LogP contribution in [0.1, 0.15) is 119 Å². The third kappa shape index (κ3) is 18.1. The van der Waals surface area contributed by atoms with Crippen LogP contribution in [-0.4, -0.2) is 66.1 Å². The predicted molar refractivity (Wildman–Crippen MR) is 245 cm³/mol. The molecule has 0 unspecified atom stereocenters.